The Bertz CT molecular complexity index is 1560. The number of aromatic nitrogens is 2. The Morgan fingerprint density at radius 3 is 2.67 bits per heavy atom. The third-order valence-corrected chi connectivity index (χ3v) is 5.16. The van der Waals surface area contributed by atoms with Crippen molar-refractivity contribution in [3.8, 4) is 11.3 Å². The van der Waals surface area contributed by atoms with E-state index in [4.69, 9.17) is 12.6 Å². The van der Waals surface area contributed by atoms with E-state index in [9.17, 15) is 0 Å². The fourth-order valence-corrected chi connectivity index (χ4v) is 3.88. The maximum atomic E-state index is 7.88. The van der Waals surface area contributed by atoms with E-state index in [0.717, 1.165) is 33.0 Å². The van der Waals surface area contributed by atoms with Crippen LogP contribution >= 0.6 is 0 Å². The average molecular weight is 359 g/mol. The molecule has 0 saturated carbocycles. The van der Waals surface area contributed by atoms with Crippen molar-refractivity contribution in [3.05, 3.63) is 71.5 Å². The van der Waals surface area contributed by atoms with Crippen LogP contribution in [0.25, 0.3) is 44.1 Å². The van der Waals surface area contributed by atoms with Gasteiger partial charge in [-0.15, -0.1) is 0 Å². The van der Waals surface area contributed by atoms with Gasteiger partial charge in [0.2, 0.25) is 11.4 Å². The first kappa shape index (κ1) is 10.8. The van der Waals surface area contributed by atoms with Crippen LogP contribution in [0.1, 0.15) is 25.0 Å². The highest BCUT2D eigenvalue weighted by molar-refractivity contribution is 6.21. The summed E-state index contributed by atoms with van der Waals surface area (Å²) in [7, 11) is 1.87. The second-order valence-corrected chi connectivity index (χ2v) is 6.81. The van der Waals surface area contributed by atoms with Gasteiger partial charge in [-0.1, -0.05) is 24.3 Å². The number of hydrogen-bond acceptors (Lipinski definition) is 2. The number of aryl methyl sites for hydroxylation is 4. The van der Waals surface area contributed by atoms with Gasteiger partial charge in [-0.25, -0.2) is 9.55 Å². The van der Waals surface area contributed by atoms with Crippen molar-refractivity contribution in [1.29, 1.82) is 0 Å². The van der Waals surface area contributed by atoms with E-state index in [1.807, 2.05) is 42.8 Å². The zero-order valence-corrected chi connectivity index (χ0v) is 15.0. The Labute approximate surface area is 166 Å². The van der Waals surface area contributed by atoms with Gasteiger partial charge in [-0.05, 0) is 49.3 Å². The van der Waals surface area contributed by atoms with Gasteiger partial charge in [0.25, 0.3) is 0 Å². The van der Waals surface area contributed by atoms with Crippen molar-refractivity contribution in [3.63, 3.8) is 0 Å². The number of hydrogen-bond donors (Lipinski definition) is 0. The molecule has 0 bridgehead atoms. The molecule has 0 amide bonds. The molecule has 3 heterocycles. The van der Waals surface area contributed by atoms with Gasteiger partial charge in [-0.3, -0.25) is 0 Å². The molecule has 0 aliphatic heterocycles. The van der Waals surface area contributed by atoms with Crippen LogP contribution in [0.5, 0.6) is 0 Å². The summed E-state index contributed by atoms with van der Waals surface area (Å²) in [6, 6.07) is 14.3. The summed E-state index contributed by atoms with van der Waals surface area (Å²) in [5.41, 5.74) is 3.57. The van der Waals surface area contributed by atoms with Gasteiger partial charge < -0.3 is 4.42 Å². The number of benzene rings is 2. The van der Waals surface area contributed by atoms with Crippen molar-refractivity contribution >= 4 is 32.8 Å². The molecule has 27 heavy (non-hydrogen) atoms. The van der Waals surface area contributed by atoms with Crippen LogP contribution in [0.4, 0.5) is 0 Å². The molecule has 5 aromatic rings. The first-order chi connectivity index (χ1) is 15.5. The molecule has 0 aliphatic rings. The highest BCUT2D eigenvalue weighted by Gasteiger charge is 2.24. The molecule has 0 aliphatic carbocycles. The molecule has 0 saturated heterocycles. The Morgan fingerprint density at radius 2 is 1.85 bits per heavy atom. The SMILES string of the molecule is [2H]C([2H])([2H])c1cc[n+](C)c(-c2c(C)c3ccccc3c3oc4nc(C([2H])([2H])[2H])ccc4c23)c1. The summed E-state index contributed by atoms with van der Waals surface area (Å²) in [5.74, 6) is 0. The smallest absolute Gasteiger partial charge is 0.227 e. The van der Waals surface area contributed by atoms with Crippen molar-refractivity contribution in [2.75, 3.05) is 0 Å². The lowest BCUT2D eigenvalue weighted by atomic mass is 9.92. The first-order valence-corrected chi connectivity index (χ1v) is 8.72. The molecule has 0 spiro atoms. The van der Waals surface area contributed by atoms with Crippen molar-refractivity contribution in [2.45, 2.75) is 20.6 Å². The molecule has 0 N–H and O–H groups in total. The van der Waals surface area contributed by atoms with Crippen molar-refractivity contribution in [2.24, 2.45) is 7.05 Å². The summed E-state index contributed by atoms with van der Waals surface area (Å²) in [5, 5.41) is 3.32. The molecule has 2 aromatic carbocycles. The molecular weight excluding hydrogens is 332 g/mol. The van der Waals surface area contributed by atoms with E-state index in [1.165, 1.54) is 6.07 Å². The second-order valence-electron chi connectivity index (χ2n) is 6.81. The van der Waals surface area contributed by atoms with E-state index in [-0.39, 0.29) is 17.0 Å². The van der Waals surface area contributed by atoms with E-state index in [1.54, 1.807) is 24.4 Å². The number of pyridine rings is 2. The summed E-state index contributed by atoms with van der Waals surface area (Å²) < 4.78 is 54.8. The standard InChI is InChI=1S/C24H21N2O/c1-14-11-12-26(4)20(13-14)21-16(3)17-7-5-6-8-18(17)23-22(21)19-10-9-15(2)25-24(19)27-23/h5-13H,1-4H3/q+1/i1D3,2D3. The number of rotatable bonds is 1. The summed E-state index contributed by atoms with van der Waals surface area (Å²) in [6.07, 6.45) is 1.74. The van der Waals surface area contributed by atoms with Crippen LogP contribution in [0.2, 0.25) is 0 Å². The molecule has 132 valence electrons. The maximum Gasteiger partial charge on any atom is 0.227 e. The molecule has 5 rings (SSSR count). The Hall–Kier alpha value is -3.20. The molecule has 0 atom stereocenters. The van der Waals surface area contributed by atoms with Crippen LogP contribution in [0.15, 0.2) is 59.1 Å². The lowest BCUT2D eigenvalue weighted by Gasteiger charge is -2.11. The maximum absolute atomic E-state index is 7.88. The molecule has 3 heteroatoms. The predicted octanol–water partition coefficient (Wildman–Crippen LogP) is 5.55. The number of fused-ring (bicyclic) bond motifs is 5. The predicted molar refractivity (Wildman–Crippen MR) is 110 cm³/mol. The Kier molecular flexibility index (Phi) is 2.27. The highest BCUT2D eigenvalue weighted by Crippen LogP contribution is 2.42. The summed E-state index contributed by atoms with van der Waals surface area (Å²) in [4.78, 5) is 4.31. The van der Waals surface area contributed by atoms with E-state index in [2.05, 4.69) is 4.98 Å². The van der Waals surface area contributed by atoms with E-state index in [0.29, 0.717) is 11.0 Å². The van der Waals surface area contributed by atoms with Gasteiger partial charge in [0.15, 0.2) is 6.20 Å². The molecular formula is C24H21N2O+. The van der Waals surface area contributed by atoms with Crippen LogP contribution < -0.4 is 4.57 Å². The highest BCUT2D eigenvalue weighted by atomic mass is 16.3. The van der Waals surface area contributed by atoms with Gasteiger partial charge in [0.05, 0.1) is 5.56 Å². The van der Waals surface area contributed by atoms with Gasteiger partial charge >= 0.3 is 0 Å². The van der Waals surface area contributed by atoms with Crippen LogP contribution in [0.3, 0.4) is 0 Å². The van der Waals surface area contributed by atoms with Crippen LogP contribution in [-0.2, 0) is 7.05 Å². The Balaban J connectivity index is 1.98. The topological polar surface area (TPSA) is 29.9 Å². The molecule has 3 aromatic heterocycles. The third-order valence-electron chi connectivity index (χ3n) is 5.16. The monoisotopic (exact) mass is 359 g/mol. The van der Waals surface area contributed by atoms with Gasteiger partial charge in [-0.2, -0.15) is 0 Å². The van der Waals surface area contributed by atoms with E-state index >= 15 is 0 Å². The quantitative estimate of drug-likeness (QED) is 0.367. The molecule has 0 unspecified atom stereocenters. The third kappa shape index (κ3) is 2.28. The summed E-state index contributed by atoms with van der Waals surface area (Å²) in [6.45, 7) is -2.60. The van der Waals surface area contributed by atoms with Crippen LogP contribution in [0, 0.1) is 20.6 Å². The minimum absolute atomic E-state index is 0.0356. The Morgan fingerprint density at radius 1 is 1.00 bits per heavy atom. The molecule has 0 radical (unpaired) electrons. The fourth-order valence-electron chi connectivity index (χ4n) is 3.88. The van der Waals surface area contributed by atoms with Crippen LogP contribution in [-0.4, -0.2) is 4.98 Å². The lowest BCUT2D eigenvalue weighted by molar-refractivity contribution is -0.660. The first-order valence-electron chi connectivity index (χ1n) is 11.7. The van der Waals surface area contributed by atoms with Crippen molar-refractivity contribution < 1.29 is 17.2 Å². The second kappa shape index (κ2) is 5.65. The van der Waals surface area contributed by atoms with Crippen molar-refractivity contribution in [1.82, 2.24) is 4.98 Å². The summed E-state index contributed by atoms with van der Waals surface area (Å²) >= 11 is 0. The van der Waals surface area contributed by atoms with Gasteiger partial charge in [0, 0.05) is 42.2 Å². The normalized spacial score (nSPS) is 15.9. The molecule has 3 nitrogen and oxygen atoms in total. The van der Waals surface area contributed by atoms with Gasteiger partial charge in [0.1, 0.15) is 12.6 Å². The lowest BCUT2D eigenvalue weighted by Crippen LogP contribution is -2.30. The van der Waals surface area contributed by atoms with E-state index < -0.39 is 13.7 Å². The zero-order valence-electron chi connectivity index (χ0n) is 21.0. The number of nitrogens with zero attached hydrogens (tertiary/aromatic N) is 2. The fraction of sp³-hybridized carbons (Fsp3) is 0.167. The zero-order chi connectivity index (χ0) is 23.7. The molecule has 0 fully saturated rings. The average Bonchev–Trinajstić information content (AvgIpc) is 3.12. The largest absolute Gasteiger partial charge is 0.437 e. The minimum Gasteiger partial charge on any atom is -0.437 e. The minimum atomic E-state index is -2.35. The number of furan rings is 1.